The molecule has 0 amide bonds. The summed E-state index contributed by atoms with van der Waals surface area (Å²) in [5.41, 5.74) is 0.675. The number of hydrogen-bond donors (Lipinski definition) is 1. The van der Waals surface area contributed by atoms with Crippen LogP contribution in [0.2, 0.25) is 0 Å². The third-order valence-corrected chi connectivity index (χ3v) is 5.78. The van der Waals surface area contributed by atoms with Gasteiger partial charge in [-0.25, -0.2) is 4.98 Å². The second-order valence-corrected chi connectivity index (χ2v) is 8.39. The van der Waals surface area contributed by atoms with E-state index in [4.69, 9.17) is 17.5 Å². The van der Waals surface area contributed by atoms with Gasteiger partial charge in [-0.15, -0.1) is 5.10 Å². The van der Waals surface area contributed by atoms with Crippen molar-refractivity contribution in [3.8, 4) is 17.3 Å². The van der Waals surface area contributed by atoms with E-state index in [9.17, 15) is 13.2 Å². The minimum atomic E-state index is -4.68. The maximum Gasteiger partial charge on any atom is 0.419 e. The zero-order chi connectivity index (χ0) is 23.1. The molecule has 4 rings (SSSR count). The van der Waals surface area contributed by atoms with Crippen LogP contribution in [0.25, 0.3) is 11.3 Å². The van der Waals surface area contributed by atoms with Gasteiger partial charge in [0, 0.05) is 24.8 Å². The maximum atomic E-state index is 13.4. The van der Waals surface area contributed by atoms with Gasteiger partial charge < -0.3 is 9.80 Å². The van der Waals surface area contributed by atoms with Crippen LogP contribution >= 0.6 is 12.2 Å². The van der Waals surface area contributed by atoms with Gasteiger partial charge in [0.25, 0.3) is 0 Å². The molecule has 0 spiro atoms. The molecule has 7 nitrogen and oxygen atoms in total. The standard InChI is InChI=1S/C21H18F3N7S/c1-20(2)12-30(15-7-16(21(22,23)24)17(8-25)26-9-15)19(32)31(20)11-13-3-5-14(6-4-13)18-10-27-29-28-18/h3-7,9-10H,11-12H2,1-2H3,(H,27,28,29). The summed E-state index contributed by atoms with van der Waals surface area (Å²) in [6.45, 7) is 4.82. The maximum absolute atomic E-state index is 13.4. The van der Waals surface area contributed by atoms with E-state index >= 15 is 0 Å². The van der Waals surface area contributed by atoms with E-state index in [0.29, 0.717) is 18.2 Å². The Labute approximate surface area is 187 Å². The molecule has 0 unspecified atom stereocenters. The smallest absolute Gasteiger partial charge is 0.338 e. The SMILES string of the molecule is CC1(C)CN(c2cnc(C#N)c(C(F)(F)F)c2)C(=S)N1Cc1ccc(-c2c[nH]nn2)cc1. The third kappa shape index (κ3) is 4.01. The Morgan fingerprint density at radius 1 is 1.25 bits per heavy atom. The number of aromatic amines is 1. The lowest BCUT2D eigenvalue weighted by molar-refractivity contribution is -0.138. The number of aromatic nitrogens is 4. The predicted octanol–water partition coefficient (Wildman–Crippen LogP) is 4.14. The fourth-order valence-corrected chi connectivity index (χ4v) is 4.12. The number of nitriles is 1. The van der Waals surface area contributed by atoms with Gasteiger partial charge in [-0.2, -0.15) is 18.4 Å². The Hall–Kier alpha value is -3.52. The number of nitrogens with zero attached hydrogens (tertiary/aromatic N) is 6. The summed E-state index contributed by atoms with van der Waals surface area (Å²) in [5.74, 6) is 0. The molecule has 1 aliphatic heterocycles. The summed E-state index contributed by atoms with van der Waals surface area (Å²) in [5, 5.41) is 19.8. The highest BCUT2D eigenvalue weighted by molar-refractivity contribution is 7.80. The molecule has 32 heavy (non-hydrogen) atoms. The van der Waals surface area contributed by atoms with E-state index < -0.39 is 23.0 Å². The van der Waals surface area contributed by atoms with Gasteiger partial charge in [-0.3, -0.25) is 5.10 Å². The molecular formula is C21H18F3N7S. The summed E-state index contributed by atoms with van der Waals surface area (Å²) in [6.07, 6.45) is -1.73. The van der Waals surface area contributed by atoms with Gasteiger partial charge in [-0.1, -0.05) is 29.5 Å². The Bertz CT molecular complexity index is 1180. The van der Waals surface area contributed by atoms with Crippen molar-refractivity contribution in [2.45, 2.75) is 32.1 Å². The first-order valence-electron chi connectivity index (χ1n) is 9.62. The van der Waals surface area contributed by atoms with E-state index in [-0.39, 0.29) is 5.69 Å². The number of H-pyrrole nitrogens is 1. The summed E-state index contributed by atoms with van der Waals surface area (Å²) in [6, 6.07) is 10.2. The molecule has 3 aromatic rings. The second kappa shape index (κ2) is 7.87. The highest BCUT2D eigenvalue weighted by Gasteiger charge is 2.42. The molecule has 0 saturated carbocycles. The van der Waals surface area contributed by atoms with E-state index in [2.05, 4.69) is 20.4 Å². The fraction of sp³-hybridized carbons (Fsp3) is 0.286. The van der Waals surface area contributed by atoms with E-state index in [1.54, 1.807) is 11.1 Å². The lowest BCUT2D eigenvalue weighted by atomic mass is 10.0. The molecule has 1 aromatic carbocycles. The van der Waals surface area contributed by atoms with Gasteiger partial charge >= 0.3 is 6.18 Å². The van der Waals surface area contributed by atoms with Crippen LogP contribution < -0.4 is 4.90 Å². The van der Waals surface area contributed by atoms with Crippen LogP contribution in [0.4, 0.5) is 18.9 Å². The third-order valence-electron chi connectivity index (χ3n) is 5.34. The molecule has 0 atom stereocenters. The lowest BCUT2D eigenvalue weighted by Crippen LogP contribution is -2.41. The Morgan fingerprint density at radius 2 is 1.97 bits per heavy atom. The number of halogens is 3. The van der Waals surface area contributed by atoms with Crippen LogP contribution in [0, 0.1) is 11.3 Å². The van der Waals surface area contributed by atoms with Crippen LogP contribution in [0.15, 0.2) is 42.7 Å². The molecule has 1 N–H and O–H groups in total. The van der Waals surface area contributed by atoms with E-state index in [1.165, 1.54) is 12.3 Å². The number of alkyl halides is 3. The highest BCUT2D eigenvalue weighted by atomic mass is 32.1. The molecule has 164 valence electrons. The number of thiocarbonyl (C=S) groups is 1. The molecule has 0 aliphatic carbocycles. The largest absolute Gasteiger partial charge is 0.419 e. The topological polar surface area (TPSA) is 84.7 Å². The zero-order valence-corrected chi connectivity index (χ0v) is 18.0. The van der Waals surface area contributed by atoms with Crippen LogP contribution in [-0.4, -0.2) is 42.5 Å². The van der Waals surface area contributed by atoms with Crippen molar-refractivity contribution < 1.29 is 13.2 Å². The van der Waals surface area contributed by atoms with Gasteiger partial charge in [0.15, 0.2) is 10.8 Å². The van der Waals surface area contributed by atoms with Crippen LogP contribution in [0.5, 0.6) is 0 Å². The Morgan fingerprint density at radius 3 is 2.56 bits per heavy atom. The minimum absolute atomic E-state index is 0.207. The molecular weight excluding hydrogens is 439 g/mol. The lowest BCUT2D eigenvalue weighted by Gasteiger charge is -2.31. The van der Waals surface area contributed by atoms with Crippen molar-refractivity contribution in [1.29, 1.82) is 5.26 Å². The van der Waals surface area contributed by atoms with E-state index in [0.717, 1.165) is 22.9 Å². The van der Waals surface area contributed by atoms with Gasteiger partial charge in [0.1, 0.15) is 11.8 Å². The number of benzene rings is 1. The summed E-state index contributed by atoms with van der Waals surface area (Å²) >= 11 is 5.64. The summed E-state index contributed by atoms with van der Waals surface area (Å²) in [4.78, 5) is 7.32. The molecule has 1 aliphatic rings. The van der Waals surface area contributed by atoms with Crippen LogP contribution in [0.3, 0.4) is 0 Å². The first kappa shape index (κ1) is 21.7. The molecule has 2 aromatic heterocycles. The normalized spacial score (nSPS) is 15.8. The summed E-state index contributed by atoms with van der Waals surface area (Å²) < 4.78 is 40.2. The summed E-state index contributed by atoms with van der Waals surface area (Å²) in [7, 11) is 0. The highest BCUT2D eigenvalue weighted by Crippen LogP contribution is 2.37. The first-order valence-corrected chi connectivity index (χ1v) is 10.0. The van der Waals surface area contributed by atoms with Crippen molar-refractivity contribution in [1.82, 2.24) is 25.3 Å². The molecule has 0 radical (unpaired) electrons. The number of hydrogen-bond acceptors (Lipinski definition) is 5. The number of anilines is 1. The quantitative estimate of drug-likeness (QED) is 0.590. The zero-order valence-electron chi connectivity index (χ0n) is 17.2. The molecule has 1 fully saturated rings. The molecule has 0 bridgehead atoms. The van der Waals surface area contributed by atoms with Gasteiger partial charge in [-0.05, 0) is 37.7 Å². The Kier molecular flexibility index (Phi) is 5.34. The predicted molar refractivity (Wildman–Crippen MR) is 115 cm³/mol. The second-order valence-electron chi connectivity index (χ2n) is 8.02. The first-order chi connectivity index (χ1) is 15.1. The molecule has 1 saturated heterocycles. The minimum Gasteiger partial charge on any atom is -0.338 e. The number of rotatable bonds is 4. The average molecular weight is 457 g/mol. The number of pyridine rings is 1. The van der Waals surface area contributed by atoms with Crippen molar-refractivity contribution in [3.63, 3.8) is 0 Å². The monoisotopic (exact) mass is 457 g/mol. The van der Waals surface area contributed by atoms with Crippen molar-refractivity contribution >= 4 is 23.0 Å². The molecule has 3 heterocycles. The van der Waals surface area contributed by atoms with Gasteiger partial charge in [0.2, 0.25) is 0 Å². The van der Waals surface area contributed by atoms with Crippen LogP contribution in [-0.2, 0) is 12.7 Å². The van der Waals surface area contributed by atoms with Crippen LogP contribution in [0.1, 0.15) is 30.7 Å². The van der Waals surface area contributed by atoms with Gasteiger partial charge in [0.05, 0.1) is 23.0 Å². The molecule has 11 heteroatoms. The fourth-order valence-electron chi connectivity index (χ4n) is 3.64. The van der Waals surface area contributed by atoms with Crippen molar-refractivity contribution in [2.24, 2.45) is 0 Å². The average Bonchev–Trinajstić information content (AvgIpc) is 3.36. The number of nitrogens with one attached hydrogen (secondary N) is 1. The van der Waals surface area contributed by atoms with E-state index in [1.807, 2.05) is 43.0 Å². The Balaban J connectivity index is 1.59. The van der Waals surface area contributed by atoms with Crippen molar-refractivity contribution in [3.05, 3.63) is 59.5 Å². The van der Waals surface area contributed by atoms with Crippen molar-refractivity contribution in [2.75, 3.05) is 11.4 Å².